The lowest BCUT2D eigenvalue weighted by atomic mass is 9.64. The maximum Gasteiger partial charge on any atom is 0.193 e. The standard InChI is InChI=1S/C19H22ClN3O.HI/c1-24-17-5-2-4-16(12-17)23-18(21)22-13-19(10-3-11-19)14-6-8-15(20)9-7-14;/h2,4-9,12H,3,10-11,13H2,1H3,(H3,21,22,23);1H. The first-order valence-electron chi connectivity index (χ1n) is 8.08. The number of rotatable bonds is 5. The van der Waals surface area contributed by atoms with Crippen LogP contribution in [0.15, 0.2) is 53.5 Å². The van der Waals surface area contributed by atoms with Crippen LogP contribution in [0.4, 0.5) is 5.69 Å². The predicted octanol–water partition coefficient (Wildman–Crippen LogP) is 4.82. The molecule has 0 aliphatic heterocycles. The van der Waals surface area contributed by atoms with Crippen LogP contribution < -0.4 is 15.8 Å². The molecule has 6 heteroatoms. The third-order valence-electron chi connectivity index (χ3n) is 4.66. The molecule has 0 unspecified atom stereocenters. The number of nitrogens with two attached hydrogens (primary N) is 1. The van der Waals surface area contributed by atoms with Crippen LogP contribution in [0.1, 0.15) is 24.8 Å². The molecule has 3 N–H and O–H groups in total. The molecule has 2 aromatic carbocycles. The second-order valence-electron chi connectivity index (χ2n) is 6.20. The smallest absolute Gasteiger partial charge is 0.193 e. The lowest BCUT2D eigenvalue weighted by Crippen LogP contribution is -2.38. The summed E-state index contributed by atoms with van der Waals surface area (Å²) in [5.41, 5.74) is 8.30. The molecule has 0 spiro atoms. The summed E-state index contributed by atoms with van der Waals surface area (Å²) in [6.45, 7) is 0.678. The van der Waals surface area contributed by atoms with Crippen molar-refractivity contribution in [2.45, 2.75) is 24.7 Å². The normalized spacial score (nSPS) is 15.7. The van der Waals surface area contributed by atoms with Gasteiger partial charge in [-0.15, -0.1) is 24.0 Å². The molecule has 1 fully saturated rings. The molecule has 0 radical (unpaired) electrons. The summed E-state index contributed by atoms with van der Waals surface area (Å²) in [5, 5.41) is 3.88. The molecule has 0 heterocycles. The molecule has 0 aromatic heterocycles. The van der Waals surface area contributed by atoms with E-state index < -0.39 is 0 Å². The summed E-state index contributed by atoms with van der Waals surface area (Å²) < 4.78 is 5.21. The number of hydrogen-bond donors (Lipinski definition) is 2. The molecule has 2 aromatic rings. The summed E-state index contributed by atoms with van der Waals surface area (Å²) in [7, 11) is 1.64. The van der Waals surface area contributed by atoms with Crippen LogP contribution in [-0.4, -0.2) is 19.6 Å². The Bertz CT molecular complexity index is 730. The zero-order valence-corrected chi connectivity index (χ0v) is 17.3. The zero-order chi connectivity index (χ0) is 17.0. The van der Waals surface area contributed by atoms with Crippen molar-refractivity contribution in [3.8, 4) is 5.75 Å². The summed E-state index contributed by atoms with van der Waals surface area (Å²) in [6, 6.07) is 15.7. The summed E-state index contributed by atoms with van der Waals surface area (Å²) in [4.78, 5) is 4.58. The molecule has 0 bridgehead atoms. The topological polar surface area (TPSA) is 59.6 Å². The van der Waals surface area contributed by atoms with E-state index in [0.29, 0.717) is 12.5 Å². The molecule has 0 atom stereocenters. The molecule has 4 nitrogen and oxygen atoms in total. The number of methoxy groups -OCH3 is 1. The van der Waals surface area contributed by atoms with Gasteiger partial charge < -0.3 is 15.8 Å². The van der Waals surface area contributed by atoms with Gasteiger partial charge in [0.2, 0.25) is 0 Å². The van der Waals surface area contributed by atoms with Gasteiger partial charge in [0.25, 0.3) is 0 Å². The van der Waals surface area contributed by atoms with Crippen molar-refractivity contribution in [1.82, 2.24) is 0 Å². The van der Waals surface area contributed by atoms with Gasteiger partial charge in [0, 0.05) is 22.2 Å². The fourth-order valence-corrected chi connectivity index (χ4v) is 3.20. The van der Waals surface area contributed by atoms with E-state index in [-0.39, 0.29) is 29.4 Å². The maximum atomic E-state index is 6.06. The van der Waals surface area contributed by atoms with Crippen molar-refractivity contribution in [2.24, 2.45) is 10.7 Å². The third-order valence-corrected chi connectivity index (χ3v) is 4.91. The predicted molar refractivity (Wildman–Crippen MR) is 116 cm³/mol. The zero-order valence-electron chi connectivity index (χ0n) is 14.2. The molecule has 1 aliphatic rings. The van der Waals surface area contributed by atoms with Gasteiger partial charge in [-0.3, -0.25) is 4.99 Å². The Morgan fingerprint density at radius 2 is 1.96 bits per heavy atom. The second-order valence-corrected chi connectivity index (χ2v) is 6.64. The average Bonchev–Trinajstić information content (AvgIpc) is 2.55. The van der Waals surface area contributed by atoms with Crippen LogP contribution in [0.25, 0.3) is 0 Å². The minimum atomic E-state index is 0. The van der Waals surface area contributed by atoms with Crippen molar-refractivity contribution < 1.29 is 4.74 Å². The maximum absolute atomic E-state index is 6.06. The van der Waals surface area contributed by atoms with Gasteiger partial charge in [-0.2, -0.15) is 0 Å². The highest BCUT2D eigenvalue weighted by Gasteiger charge is 2.38. The molecule has 25 heavy (non-hydrogen) atoms. The Labute approximate surface area is 170 Å². The quantitative estimate of drug-likeness (QED) is 0.374. The number of benzene rings is 2. The first-order valence-corrected chi connectivity index (χ1v) is 8.46. The monoisotopic (exact) mass is 471 g/mol. The van der Waals surface area contributed by atoms with E-state index >= 15 is 0 Å². The van der Waals surface area contributed by atoms with Gasteiger partial charge in [-0.25, -0.2) is 0 Å². The van der Waals surface area contributed by atoms with Crippen LogP contribution in [0.5, 0.6) is 5.75 Å². The van der Waals surface area contributed by atoms with E-state index in [4.69, 9.17) is 22.1 Å². The fourth-order valence-electron chi connectivity index (χ4n) is 3.07. The van der Waals surface area contributed by atoms with Gasteiger partial charge in [0.1, 0.15) is 5.75 Å². The van der Waals surface area contributed by atoms with E-state index in [1.165, 1.54) is 12.0 Å². The van der Waals surface area contributed by atoms with Crippen LogP contribution in [0, 0.1) is 0 Å². The third kappa shape index (κ3) is 4.79. The average molecular weight is 472 g/mol. The van der Waals surface area contributed by atoms with Crippen LogP contribution >= 0.6 is 35.6 Å². The van der Waals surface area contributed by atoms with Crippen LogP contribution in [0.3, 0.4) is 0 Å². The Hall–Kier alpha value is -1.47. The molecule has 1 saturated carbocycles. The number of guanidine groups is 1. The SMILES string of the molecule is COc1cccc(NC(N)=NCC2(c3ccc(Cl)cc3)CCC2)c1.I. The number of nitrogens with one attached hydrogen (secondary N) is 1. The Morgan fingerprint density at radius 1 is 1.24 bits per heavy atom. The molecule has 0 saturated heterocycles. The van der Waals surface area contributed by atoms with Crippen molar-refractivity contribution in [3.05, 3.63) is 59.1 Å². The highest BCUT2D eigenvalue weighted by Crippen LogP contribution is 2.44. The number of nitrogens with zero attached hydrogens (tertiary/aromatic N) is 1. The van der Waals surface area contributed by atoms with E-state index in [1.807, 2.05) is 36.4 Å². The van der Waals surface area contributed by atoms with E-state index in [1.54, 1.807) is 7.11 Å². The van der Waals surface area contributed by atoms with Gasteiger partial charge in [-0.1, -0.05) is 36.2 Å². The van der Waals surface area contributed by atoms with Gasteiger partial charge >= 0.3 is 0 Å². The minimum Gasteiger partial charge on any atom is -0.497 e. The number of halogens is 2. The largest absolute Gasteiger partial charge is 0.497 e. The molecule has 3 rings (SSSR count). The van der Waals surface area contributed by atoms with Crippen molar-refractivity contribution >= 4 is 47.2 Å². The number of ether oxygens (including phenoxy) is 1. The number of aliphatic imine (C=N–C) groups is 1. The molecular weight excluding hydrogens is 449 g/mol. The molecule has 1 aliphatic carbocycles. The van der Waals surface area contributed by atoms with Gasteiger partial charge in [0.05, 0.1) is 13.7 Å². The summed E-state index contributed by atoms with van der Waals surface area (Å²) in [6.07, 6.45) is 3.48. The van der Waals surface area contributed by atoms with Crippen molar-refractivity contribution in [3.63, 3.8) is 0 Å². The van der Waals surface area contributed by atoms with Crippen molar-refractivity contribution in [1.29, 1.82) is 0 Å². The lowest BCUT2D eigenvalue weighted by Gasteiger charge is -2.41. The van der Waals surface area contributed by atoms with Crippen LogP contribution in [-0.2, 0) is 5.41 Å². The number of anilines is 1. The number of hydrogen-bond acceptors (Lipinski definition) is 2. The Balaban J connectivity index is 0.00000225. The van der Waals surface area contributed by atoms with Crippen LogP contribution in [0.2, 0.25) is 5.02 Å². The van der Waals surface area contributed by atoms with Gasteiger partial charge in [0.15, 0.2) is 5.96 Å². The lowest BCUT2D eigenvalue weighted by molar-refractivity contribution is 0.254. The summed E-state index contributed by atoms with van der Waals surface area (Å²) >= 11 is 6.00. The van der Waals surface area contributed by atoms with E-state index in [2.05, 4.69) is 22.4 Å². The fraction of sp³-hybridized carbons (Fsp3) is 0.316. The van der Waals surface area contributed by atoms with Crippen molar-refractivity contribution in [2.75, 3.05) is 19.0 Å². The molecule has 134 valence electrons. The Kier molecular flexibility index (Phi) is 6.95. The van der Waals surface area contributed by atoms with E-state index in [0.717, 1.165) is 29.3 Å². The molecular formula is C19H23ClIN3O. The van der Waals surface area contributed by atoms with Gasteiger partial charge in [-0.05, 0) is 42.7 Å². The Morgan fingerprint density at radius 3 is 2.56 bits per heavy atom. The highest BCUT2D eigenvalue weighted by molar-refractivity contribution is 14.0. The molecule has 0 amide bonds. The van der Waals surface area contributed by atoms with E-state index in [9.17, 15) is 0 Å². The summed E-state index contributed by atoms with van der Waals surface area (Å²) in [5.74, 6) is 1.20. The first kappa shape index (κ1) is 19.8. The second kappa shape index (κ2) is 8.76. The highest BCUT2D eigenvalue weighted by atomic mass is 127. The minimum absolute atomic E-state index is 0. The first-order chi connectivity index (χ1) is 11.6.